The van der Waals surface area contributed by atoms with Gasteiger partial charge < -0.3 is 37.7 Å². The van der Waals surface area contributed by atoms with E-state index in [0.717, 1.165) is 0 Å². The molecule has 3 atom stereocenters. The molecule has 0 saturated heterocycles. The minimum Gasteiger partial charge on any atom is -0.404 e. The molecule has 0 aliphatic rings. The predicted molar refractivity (Wildman–Crippen MR) is 130 cm³/mol. The van der Waals surface area contributed by atoms with Gasteiger partial charge in [0.1, 0.15) is 17.8 Å². The number of nitrogens with two attached hydrogens (primary N) is 3. The van der Waals surface area contributed by atoms with Crippen LogP contribution in [0.3, 0.4) is 0 Å². The molecule has 0 aliphatic carbocycles. The number of phosphoric ester groups is 1. The van der Waals surface area contributed by atoms with Gasteiger partial charge in [0.2, 0.25) is 35.4 Å². The number of amides is 6. The number of hydrogen-bond donors (Lipinski definition) is 8. The van der Waals surface area contributed by atoms with Crippen molar-refractivity contribution in [3.63, 3.8) is 0 Å². The minimum absolute atomic E-state index is 0.0365. The van der Waals surface area contributed by atoms with Gasteiger partial charge in [0, 0.05) is 19.9 Å². The number of carbonyl (C=O) groups is 6. The van der Waals surface area contributed by atoms with Crippen LogP contribution in [0, 0.1) is 5.92 Å². The standard InChI is InChI=1S/C21H31N6O10P/c1-25-18(30)9-12(8-11-2-4-13(5-3-11)37-38(34,35)36)20(32)26-14(6-7-16(22)28)21(33)27-15(19(24)31)10-17(23)29/h2-5,12,14-15H,6-10H2,1H3,(H2,22,28)(H2,23,29)(H2,24,31)(H,25,30)(H,26,32)(H,27,33)(H2,34,35,36)/t12-,14+,15+/m1/s1. The first-order valence-corrected chi connectivity index (χ1v) is 12.7. The van der Waals surface area contributed by atoms with Gasteiger partial charge in [0.25, 0.3) is 0 Å². The third-order valence-electron chi connectivity index (χ3n) is 5.09. The fourth-order valence-corrected chi connectivity index (χ4v) is 3.63. The van der Waals surface area contributed by atoms with E-state index in [-0.39, 0.29) is 31.4 Å². The molecule has 38 heavy (non-hydrogen) atoms. The van der Waals surface area contributed by atoms with Crippen LogP contribution >= 0.6 is 7.82 Å². The van der Waals surface area contributed by atoms with Gasteiger partial charge in [-0.05, 0) is 30.5 Å². The van der Waals surface area contributed by atoms with Crippen LogP contribution in [0.4, 0.5) is 0 Å². The summed E-state index contributed by atoms with van der Waals surface area (Å²) in [5.41, 5.74) is 15.9. The number of phosphoric acid groups is 1. The second-order valence-electron chi connectivity index (χ2n) is 8.20. The van der Waals surface area contributed by atoms with E-state index in [1.807, 2.05) is 0 Å². The summed E-state index contributed by atoms with van der Waals surface area (Å²) >= 11 is 0. The molecule has 0 radical (unpaired) electrons. The second kappa shape index (κ2) is 14.7. The van der Waals surface area contributed by atoms with Crippen LogP contribution in [0.5, 0.6) is 5.75 Å². The average Bonchev–Trinajstić information content (AvgIpc) is 2.80. The molecule has 1 aromatic rings. The highest BCUT2D eigenvalue weighted by molar-refractivity contribution is 7.46. The summed E-state index contributed by atoms with van der Waals surface area (Å²) < 4.78 is 15.4. The molecule has 0 heterocycles. The van der Waals surface area contributed by atoms with Crippen LogP contribution in [-0.2, 0) is 39.8 Å². The van der Waals surface area contributed by atoms with E-state index in [4.69, 9.17) is 27.0 Å². The zero-order valence-corrected chi connectivity index (χ0v) is 21.3. The summed E-state index contributed by atoms with van der Waals surface area (Å²) in [6.07, 6.45) is -1.53. The summed E-state index contributed by atoms with van der Waals surface area (Å²) in [5, 5.41) is 7.01. The maximum absolute atomic E-state index is 13.1. The molecule has 6 amide bonds. The van der Waals surface area contributed by atoms with Gasteiger partial charge in [0.15, 0.2) is 0 Å². The van der Waals surface area contributed by atoms with Gasteiger partial charge in [0.05, 0.1) is 12.3 Å². The molecule has 0 spiro atoms. The average molecular weight is 558 g/mol. The Morgan fingerprint density at radius 1 is 0.895 bits per heavy atom. The van der Waals surface area contributed by atoms with Crippen molar-refractivity contribution in [1.82, 2.24) is 16.0 Å². The van der Waals surface area contributed by atoms with E-state index >= 15 is 0 Å². The minimum atomic E-state index is -4.78. The number of benzene rings is 1. The number of primary amides is 3. The van der Waals surface area contributed by atoms with Crippen LogP contribution < -0.4 is 37.7 Å². The van der Waals surface area contributed by atoms with Gasteiger partial charge in [-0.15, -0.1) is 0 Å². The smallest absolute Gasteiger partial charge is 0.404 e. The molecule has 0 unspecified atom stereocenters. The summed E-state index contributed by atoms with van der Waals surface area (Å²) in [4.78, 5) is 89.9. The molecule has 16 nitrogen and oxygen atoms in total. The van der Waals surface area contributed by atoms with Crippen molar-refractivity contribution in [3.8, 4) is 5.75 Å². The number of rotatable bonds is 16. The summed E-state index contributed by atoms with van der Waals surface area (Å²) in [7, 11) is -3.42. The Balaban J connectivity index is 3.12. The first-order chi connectivity index (χ1) is 17.6. The Kier molecular flexibility index (Phi) is 12.4. The van der Waals surface area contributed by atoms with Gasteiger partial charge >= 0.3 is 7.82 Å². The number of hydrogen-bond acceptors (Lipinski definition) is 8. The topological polar surface area (TPSA) is 283 Å². The molecule has 17 heteroatoms. The Hall–Kier alpha value is -4.01. The van der Waals surface area contributed by atoms with E-state index in [0.29, 0.717) is 5.56 Å². The maximum atomic E-state index is 13.1. The predicted octanol–water partition coefficient (Wildman–Crippen LogP) is -2.95. The summed E-state index contributed by atoms with van der Waals surface area (Å²) in [6.45, 7) is 0. The number of nitrogens with one attached hydrogen (secondary N) is 3. The van der Waals surface area contributed by atoms with Crippen molar-refractivity contribution in [2.75, 3.05) is 7.05 Å². The highest BCUT2D eigenvalue weighted by Gasteiger charge is 2.30. The lowest BCUT2D eigenvalue weighted by Gasteiger charge is -2.24. The molecule has 0 saturated carbocycles. The van der Waals surface area contributed by atoms with Crippen LogP contribution in [0.15, 0.2) is 24.3 Å². The van der Waals surface area contributed by atoms with Gasteiger partial charge in [-0.25, -0.2) is 4.57 Å². The Bertz CT molecular complexity index is 1090. The van der Waals surface area contributed by atoms with E-state index in [9.17, 15) is 33.3 Å². The van der Waals surface area contributed by atoms with E-state index < -0.39 is 67.7 Å². The lowest BCUT2D eigenvalue weighted by Crippen LogP contribution is -2.55. The van der Waals surface area contributed by atoms with E-state index in [1.54, 1.807) is 0 Å². The fraction of sp³-hybridized carbons (Fsp3) is 0.429. The highest BCUT2D eigenvalue weighted by Crippen LogP contribution is 2.37. The Morgan fingerprint density at radius 2 is 1.47 bits per heavy atom. The molecule has 0 bridgehead atoms. The van der Waals surface area contributed by atoms with Crippen molar-refractivity contribution in [3.05, 3.63) is 29.8 Å². The zero-order chi connectivity index (χ0) is 29.0. The summed E-state index contributed by atoms with van der Waals surface area (Å²) in [5.74, 6) is -6.13. The first-order valence-electron chi connectivity index (χ1n) is 11.1. The monoisotopic (exact) mass is 558 g/mol. The van der Waals surface area contributed by atoms with Crippen molar-refractivity contribution >= 4 is 43.3 Å². The second-order valence-corrected chi connectivity index (χ2v) is 9.37. The van der Waals surface area contributed by atoms with Crippen molar-refractivity contribution in [2.24, 2.45) is 23.1 Å². The fourth-order valence-electron chi connectivity index (χ4n) is 3.23. The molecular weight excluding hydrogens is 527 g/mol. The molecule has 0 fully saturated rings. The molecule has 0 aromatic heterocycles. The molecule has 0 aliphatic heterocycles. The van der Waals surface area contributed by atoms with Crippen molar-refractivity contribution in [2.45, 2.75) is 44.2 Å². The van der Waals surface area contributed by atoms with Gasteiger partial charge in [-0.2, -0.15) is 0 Å². The third-order valence-corrected chi connectivity index (χ3v) is 5.54. The normalized spacial score (nSPS) is 13.3. The molecule has 1 rings (SSSR count). The third kappa shape index (κ3) is 12.3. The quantitative estimate of drug-likeness (QED) is 0.0954. The van der Waals surface area contributed by atoms with Crippen LogP contribution in [-0.4, -0.2) is 64.4 Å². The van der Waals surface area contributed by atoms with Gasteiger partial charge in [-0.1, -0.05) is 12.1 Å². The first kappa shape index (κ1) is 32.0. The summed E-state index contributed by atoms with van der Waals surface area (Å²) in [6, 6.07) is 2.51. The molecule has 210 valence electrons. The molecule has 1 aromatic carbocycles. The highest BCUT2D eigenvalue weighted by atomic mass is 31.2. The SMILES string of the molecule is CNC(=O)C[C@@H](Cc1ccc(OP(=O)(O)O)cc1)C(=O)N[C@@H](CCC(N)=O)C(=O)N[C@@H](CC(N)=O)C(N)=O. The number of carbonyl (C=O) groups excluding carboxylic acids is 6. The Labute approximate surface area is 217 Å². The van der Waals surface area contributed by atoms with E-state index in [1.165, 1.54) is 31.3 Å². The van der Waals surface area contributed by atoms with Crippen molar-refractivity contribution in [1.29, 1.82) is 0 Å². The van der Waals surface area contributed by atoms with Crippen LogP contribution in [0.25, 0.3) is 0 Å². The van der Waals surface area contributed by atoms with Gasteiger partial charge in [-0.3, -0.25) is 38.6 Å². The van der Waals surface area contributed by atoms with E-state index in [2.05, 4.69) is 20.5 Å². The van der Waals surface area contributed by atoms with Crippen molar-refractivity contribution < 1.29 is 47.6 Å². The molecule has 11 N–H and O–H groups in total. The lowest BCUT2D eigenvalue weighted by molar-refractivity contribution is -0.135. The lowest BCUT2D eigenvalue weighted by atomic mass is 9.94. The Morgan fingerprint density at radius 3 is 1.95 bits per heavy atom. The molecular formula is C21H31N6O10P. The zero-order valence-electron chi connectivity index (χ0n) is 20.4. The largest absolute Gasteiger partial charge is 0.524 e. The maximum Gasteiger partial charge on any atom is 0.524 e. The van der Waals surface area contributed by atoms with Crippen LogP contribution in [0.2, 0.25) is 0 Å². The van der Waals surface area contributed by atoms with Crippen LogP contribution in [0.1, 0.15) is 31.2 Å².